The number of benzene rings is 1. The highest BCUT2D eigenvalue weighted by Gasteiger charge is 2.23. The van der Waals surface area contributed by atoms with Gasteiger partial charge in [0.1, 0.15) is 0 Å². The van der Waals surface area contributed by atoms with Crippen molar-refractivity contribution in [1.29, 1.82) is 0 Å². The summed E-state index contributed by atoms with van der Waals surface area (Å²) in [5.74, 6) is 0.149. The molecule has 0 spiro atoms. The van der Waals surface area contributed by atoms with Gasteiger partial charge in [-0.1, -0.05) is 25.5 Å². The topological polar surface area (TPSA) is 49.4 Å². The fourth-order valence-electron chi connectivity index (χ4n) is 2.27. The van der Waals surface area contributed by atoms with Gasteiger partial charge in [-0.15, -0.1) is 0 Å². The molecule has 0 aromatic heterocycles. The highest BCUT2D eigenvalue weighted by molar-refractivity contribution is 6.02. The highest BCUT2D eigenvalue weighted by Crippen LogP contribution is 2.29. The number of hydrogen-bond acceptors (Lipinski definition) is 2. The molecule has 4 nitrogen and oxygen atoms in total. The van der Waals surface area contributed by atoms with Crippen molar-refractivity contribution in [1.82, 2.24) is 0 Å². The summed E-state index contributed by atoms with van der Waals surface area (Å²) < 4.78 is 0. The molecule has 1 fully saturated rings. The van der Waals surface area contributed by atoms with Crippen molar-refractivity contribution in [3.05, 3.63) is 24.3 Å². The van der Waals surface area contributed by atoms with Crippen LogP contribution in [0.2, 0.25) is 0 Å². The van der Waals surface area contributed by atoms with E-state index in [9.17, 15) is 9.59 Å². The quantitative estimate of drug-likeness (QED) is 0.885. The van der Waals surface area contributed by atoms with Gasteiger partial charge in [0.05, 0.1) is 11.4 Å². The van der Waals surface area contributed by atoms with Crippen LogP contribution in [0.25, 0.3) is 0 Å². The zero-order valence-electron chi connectivity index (χ0n) is 11.3. The largest absolute Gasteiger partial charge is 0.324 e. The summed E-state index contributed by atoms with van der Waals surface area (Å²) in [5.41, 5.74) is 1.55. The van der Waals surface area contributed by atoms with E-state index >= 15 is 0 Å². The average Bonchev–Trinajstić information content (AvgIpc) is 2.83. The number of anilines is 2. The van der Waals surface area contributed by atoms with Gasteiger partial charge in [-0.2, -0.15) is 0 Å². The summed E-state index contributed by atoms with van der Waals surface area (Å²) in [6.45, 7) is 2.80. The lowest BCUT2D eigenvalue weighted by molar-refractivity contribution is -0.117. The zero-order valence-corrected chi connectivity index (χ0v) is 11.3. The summed E-state index contributed by atoms with van der Waals surface area (Å²) in [6.07, 6.45) is 3.89. The maximum atomic E-state index is 11.8. The molecule has 0 saturated carbocycles. The van der Waals surface area contributed by atoms with E-state index in [4.69, 9.17) is 0 Å². The van der Waals surface area contributed by atoms with Crippen LogP contribution in [0.4, 0.5) is 11.4 Å². The Labute approximate surface area is 113 Å². The van der Waals surface area contributed by atoms with Gasteiger partial charge in [0.25, 0.3) is 0 Å². The van der Waals surface area contributed by atoms with Crippen LogP contribution in [0.1, 0.15) is 39.0 Å². The van der Waals surface area contributed by atoms with E-state index < -0.39 is 0 Å². The van der Waals surface area contributed by atoms with E-state index in [1.54, 1.807) is 4.90 Å². The van der Waals surface area contributed by atoms with Crippen molar-refractivity contribution in [3.8, 4) is 0 Å². The Morgan fingerprint density at radius 3 is 2.84 bits per heavy atom. The number of carbonyl (C=O) groups excluding carboxylic acids is 2. The van der Waals surface area contributed by atoms with Crippen LogP contribution in [-0.2, 0) is 9.59 Å². The summed E-state index contributed by atoms with van der Waals surface area (Å²) in [4.78, 5) is 25.4. The van der Waals surface area contributed by atoms with E-state index in [1.165, 1.54) is 0 Å². The number of para-hydroxylation sites is 2. The first kappa shape index (κ1) is 13.6. The van der Waals surface area contributed by atoms with Crippen molar-refractivity contribution in [2.45, 2.75) is 39.0 Å². The summed E-state index contributed by atoms with van der Waals surface area (Å²) in [5, 5.41) is 2.91. The van der Waals surface area contributed by atoms with Crippen molar-refractivity contribution in [2.24, 2.45) is 0 Å². The first-order chi connectivity index (χ1) is 9.22. The third-order valence-electron chi connectivity index (χ3n) is 3.30. The molecule has 1 saturated heterocycles. The van der Waals surface area contributed by atoms with Crippen LogP contribution in [0.5, 0.6) is 0 Å². The lowest BCUT2D eigenvalue weighted by Crippen LogP contribution is -2.25. The number of nitrogens with one attached hydrogen (secondary N) is 1. The summed E-state index contributed by atoms with van der Waals surface area (Å²) in [7, 11) is 0. The van der Waals surface area contributed by atoms with Gasteiger partial charge < -0.3 is 10.2 Å². The minimum Gasteiger partial charge on any atom is -0.324 e. The van der Waals surface area contributed by atoms with E-state index in [2.05, 4.69) is 12.2 Å². The van der Waals surface area contributed by atoms with Gasteiger partial charge in [0.15, 0.2) is 0 Å². The monoisotopic (exact) mass is 260 g/mol. The second kappa shape index (κ2) is 6.36. The van der Waals surface area contributed by atoms with Gasteiger partial charge in [0, 0.05) is 19.4 Å². The molecule has 0 atom stereocenters. The average molecular weight is 260 g/mol. The molecule has 2 rings (SSSR count). The van der Waals surface area contributed by atoms with Gasteiger partial charge in [-0.05, 0) is 25.0 Å². The molecule has 4 heteroatoms. The normalized spacial score (nSPS) is 14.8. The Morgan fingerprint density at radius 1 is 1.37 bits per heavy atom. The molecule has 0 aliphatic carbocycles. The van der Waals surface area contributed by atoms with Crippen molar-refractivity contribution in [3.63, 3.8) is 0 Å². The third kappa shape index (κ3) is 3.34. The van der Waals surface area contributed by atoms with Crippen LogP contribution >= 0.6 is 0 Å². The molecule has 0 unspecified atom stereocenters. The SMILES string of the molecule is CCCCC(=O)Nc1ccccc1N1CCCC1=O. The number of carbonyl (C=O) groups is 2. The fourth-order valence-corrected chi connectivity index (χ4v) is 2.27. The molecular formula is C15H20N2O2. The second-order valence-corrected chi connectivity index (χ2v) is 4.82. The number of unbranched alkanes of at least 4 members (excludes halogenated alkanes) is 1. The summed E-state index contributed by atoms with van der Waals surface area (Å²) >= 11 is 0. The Morgan fingerprint density at radius 2 is 2.16 bits per heavy atom. The Kier molecular flexibility index (Phi) is 4.55. The predicted molar refractivity (Wildman–Crippen MR) is 76.2 cm³/mol. The molecule has 1 aliphatic rings. The Balaban J connectivity index is 2.12. The van der Waals surface area contributed by atoms with E-state index in [0.29, 0.717) is 12.8 Å². The predicted octanol–water partition coefficient (Wildman–Crippen LogP) is 2.94. The van der Waals surface area contributed by atoms with Gasteiger partial charge in [0.2, 0.25) is 11.8 Å². The lowest BCUT2D eigenvalue weighted by Gasteiger charge is -2.19. The summed E-state index contributed by atoms with van der Waals surface area (Å²) in [6, 6.07) is 7.51. The van der Waals surface area contributed by atoms with Gasteiger partial charge in [-0.25, -0.2) is 0 Å². The Bertz CT molecular complexity index is 471. The van der Waals surface area contributed by atoms with E-state index in [1.807, 2.05) is 24.3 Å². The minimum absolute atomic E-state index is 0.0148. The molecule has 1 heterocycles. The van der Waals surface area contributed by atoms with Gasteiger partial charge >= 0.3 is 0 Å². The third-order valence-corrected chi connectivity index (χ3v) is 3.30. The number of rotatable bonds is 5. The van der Waals surface area contributed by atoms with E-state index in [0.717, 1.165) is 37.2 Å². The number of hydrogen-bond donors (Lipinski definition) is 1. The van der Waals surface area contributed by atoms with Crippen molar-refractivity contribution < 1.29 is 9.59 Å². The second-order valence-electron chi connectivity index (χ2n) is 4.82. The number of nitrogens with zero attached hydrogens (tertiary/aromatic N) is 1. The molecule has 0 bridgehead atoms. The molecule has 1 aromatic carbocycles. The molecule has 102 valence electrons. The van der Waals surface area contributed by atoms with Crippen molar-refractivity contribution >= 4 is 23.2 Å². The van der Waals surface area contributed by atoms with Crippen molar-refractivity contribution in [2.75, 3.05) is 16.8 Å². The standard InChI is InChI=1S/C15H20N2O2/c1-2-3-9-14(18)16-12-7-4-5-8-13(12)17-11-6-10-15(17)19/h4-5,7-8H,2-3,6,9-11H2,1H3,(H,16,18). The first-order valence-corrected chi connectivity index (χ1v) is 6.91. The molecule has 19 heavy (non-hydrogen) atoms. The maximum Gasteiger partial charge on any atom is 0.227 e. The number of amides is 2. The van der Waals surface area contributed by atoms with Gasteiger partial charge in [-0.3, -0.25) is 9.59 Å². The molecule has 1 aliphatic heterocycles. The maximum absolute atomic E-state index is 11.8. The fraction of sp³-hybridized carbons (Fsp3) is 0.467. The minimum atomic E-state index is 0.0148. The highest BCUT2D eigenvalue weighted by atomic mass is 16.2. The molecular weight excluding hydrogens is 240 g/mol. The molecule has 0 radical (unpaired) electrons. The van der Waals surface area contributed by atoms with E-state index in [-0.39, 0.29) is 11.8 Å². The smallest absolute Gasteiger partial charge is 0.227 e. The molecule has 2 amide bonds. The van der Waals surface area contributed by atoms with Crippen LogP contribution in [-0.4, -0.2) is 18.4 Å². The molecule has 1 N–H and O–H groups in total. The zero-order chi connectivity index (χ0) is 13.7. The Hall–Kier alpha value is -1.84. The molecule has 1 aromatic rings. The first-order valence-electron chi connectivity index (χ1n) is 6.91. The van der Waals surface area contributed by atoms with Crippen LogP contribution in [0.3, 0.4) is 0 Å². The van der Waals surface area contributed by atoms with Crippen LogP contribution < -0.4 is 10.2 Å². The van der Waals surface area contributed by atoms with Crippen LogP contribution in [0.15, 0.2) is 24.3 Å². The van der Waals surface area contributed by atoms with Crippen LogP contribution in [0, 0.1) is 0 Å². The lowest BCUT2D eigenvalue weighted by atomic mass is 10.2.